The number of hydrogen-bond donors (Lipinski definition) is 0. The Morgan fingerprint density at radius 3 is 2.80 bits per heavy atom. The molecule has 0 amide bonds. The van der Waals surface area contributed by atoms with E-state index in [-0.39, 0.29) is 17.6 Å². The molecule has 0 radical (unpaired) electrons. The minimum absolute atomic E-state index is 0.0781. The van der Waals surface area contributed by atoms with Crippen LogP contribution in [-0.4, -0.2) is 32.6 Å². The van der Waals surface area contributed by atoms with Gasteiger partial charge in [-0.25, -0.2) is 8.42 Å². The van der Waals surface area contributed by atoms with Crippen LogP contribution < -0.4 is 9.47 Å². The predicted molar refractivity (Wildman–Crippen MR) is 79.5 cm³/mol. The molecule has 112 valence electrons. The largest absolute Gasteiger partial charge is 0.493 e. The standard InChI is InChI=1S/C14H19ClO4S/c1-2-6-18-12-4-3-11(9-15)14(8-12)19-13-5-7-20(16,17)10-13/h3-4,8,13H,2,5-7,9-10H2,1H3. The normalized spacial score (nSPS) is 20.8. The molecule has 1 heterocycles. The fraction of sp³-hybridized carbons (Fsp3) is 0.571. The van der Waals surface area contributed by atoms with Gasteiger partial charge in [0.1, 0.15) is 17.6 Å². The molecule has 0 aromatic heterocycles. The lowest BCUT2D eigenvalue weighted by atomic mass is 10.2. The molecule has 1 atom stereocenters. The van der Waals surface area contributed by atoms with Gasteiger partial charge in [0.05, 0.1) is 24.0 Å². The lowest BCUT2D eigenvalue weighted by Gasteiger charge is -2.16. The quantitative estimate of drug-likeness (QED) is 0.757. The monoisotopic (exact) mass is 318 g/mol. The molecule has 20 heavy (non-hydrogen) atoms. The fourth-order valence-electron chi connectivity index (χ4n) is 2.10. The van der Waals surface area contributed by atoms with E-state index >= 15 is 0 Å². The summed E-state index contributed by atoms with van der Waals surface area (Å²) in [6, 6.07) is 5.50. The Kier molecular flexibility index (Phi) is 5.16. The third-order valence-electron chi connectivity index (χ3n) is 3.14. The molecule has 1 aromatic rings. The lowest BCUT2D eigenvalue weighted by Crippen LogP contribution is -2.18. The minimum Gasteiger partial charge on any atom is -0.493 e. The van der Waals surface area contributed by atoms with Crippen LogP contribution in [0.1, 0.15) is 25.3 Å². The zero-order valence-corrected chi connectivity index (χ0v) is 13.0. The van der Waals surface area contributed by atoms with Crippen LogP contribution in [-0.2, 0) is 15.7 Å². The zero-order chi connectivity index (χ0) is 14.6. The Bertz CT molecular complexity index is 556. The van der Waals surface area contributed by atoms with Crippen molar-refractivity contribution in [1.29, 1.82) is 0 Å². The Labute approximate surface area is 125 Å². The number of hydrogen-bond acceptors (Lipinski definition) is 4. The van der Waals surface area contributed by atoms with Crippen LogP contribution in [0.2, 0.25) is 0 Å². The molecule has 6 heteroatoms. The van der Waals surface area contributed by atoms with Crippen LogP contribution in [0.4, 0.5) is 0 Å². The van der Waals surface area contributed by atoms with E-state index in [1.165, 1.54) is 0 Å². The Morgan fingerprint density at radius 1 is 1.40 bits per heavy atom. The highest BCUT2D eigenvalue weighted by atomic mass is 35.5. The van der Waals surface area contributed by atoms with Gasteiger partial charge in [0.15, 0.2) is 9.84 Å². The average Bonchev–Trinajstić information content (AvgIpc) is 2.76. The first-order valence-electron chi connectivity index (χ1n) is 6.73. The molecule has 0 bridgehead atoms. The van der Waals surface area contributed by atoms with Crippen LogP contribution in [0.25, 0.3) is 0 Å². The molecule has 0 spiro atoms. The number of ether oxygens (including phenoxy) is 2. The van der Waals surface area contributed by atoms with Crippen molar-refractivity contribution in [2.24, 2.45) is 0 Å². The second kappa shape index (κ2) is 6.68. The van der Waals surface area contributed by atoms with Gasteiger partial charge < -0.3 is 9.47 Å². The van der Waals surface area contributed by atoms with Crippen molar-refractivity contribution in [3.05, 3.63) is 23.8 Å². The predicted octanol–water partition coefficient (Wildman–Crippen LogP) is 2.78. The summed E-state index contributed by atoms with van der Waals surface area (Å²) in [6.07, 6.45) is 1.17. The molecule has 4 nitrogen and oxygen atoms in total. The van der Waals surface area contributed by atoms with Gasteiger partial charge in [-0.05, 0) is 18.9 Å². The molecule has 0 saturated carbocycles. The van der Waals surface area contributed by atoms with E-state index in [0.29, 0.717) is 24.7 Å². The van der Waals surface area contributed by atoms with E-state index in [0.717, 1.165) is 17.7 Å². The molecule has 1 aliphatic rings. The Balaban J connectivity index is 2.12. The summed E-state index contributed by atoms with van der Waals surface area (Å²) in [5.41, 5.74) is 0.847. The van der Waals surface area contributed by atoms with Crippen molar-refractivity contribution >= 4 is 21.4 Å². The van der Waals surface area contributed by atoms with Gasteiger partial charge in [-0.1, -0.05) is 13.0 Å². The van der Waals surface area contributed by atoms with Gasteiger partial charge >= 0.3 is 0 Å². The van der Waals surface area contributed by atoms with Gasteiger partial charge in [-0.3, -0.25) is 0 Å². The molecule has 1 unspecified atom stereocenters. The van der Waals surface area contributed by atoms with Crippen molar-refractivity contribution in [3.63, 3.8) is 0 Å². The zero-order valence-electron chi connectivity index (χ0n) is 11.5. The molecule has 1 fully saturated rings. The summed E-state index contributed by atoms with van der Waals surface area (Å²) in [5, 5.41) is 0. The first kappa shape index (κ1) is 15.4. The number of benzene rings is 1. The van der Waals surface area contributed by atoms with Crippen molar-refractivity contribution in [2.45, 2.75) is 31.7 Å². The highest BCUT2D eigenvalue weighted by molar-refractivity contribution is 7.91. The van der Waals surface area contributed by atoms with Crippen molar-refractivity contribution < 1.29 is 17.9 Å². The van der Waals surface area contributed by atoms with Crippen molar-refractivity contribution in [3.8, 4) is 11.5 Å². The SMILES string of the molecule is CCCOc1ccc(CCl)c(OC2CCS(=O)(=O)C2)c1. The second-order valence-corrected chi connectivity index (χ2v) is 7.39. The third kappa shape index (κ3) is 4.03. The summed E-state index contributed by atoms with van der Waals surface area (Å²) in [4.78, 5) is 0. The van der Waals surface area contributed by atoms with Crippen LogP contribution >= 0.6 is 11.6 Å². The third-order valence-corrected chi connectivity index (χ3v) is 5.17. The van der Waals surface area contributed by atoms with Crippen LogP contribution in [0.15, 0.2) is 18.2 Å². The van der Waals surface area contributed by atoms with Crippen LogP contribution in [0.5, 0.6) is 11.5 Å². The van der Waals surface area contributed by atoms with E-state index in [9.17, 15) is 8.42 Å². The molecule has 1 saturated heterocycles. The highest BCUT2D eigenvalue weighted by Gasteiger charge is 2.29. The maximum atomic E-state index is 11.5. The average molecular weight is 319 g/mol. The number of halogens is 1. The smallest absolute Gasteiger partial charge is 0.154 e. The van der Waals surface area contributed by atoms with E-state index in [1.807, 2.05) is 19.1 Å². The molecule has 2 rings (SSSR count). The van der Waals surface area contributed by atoms with Gasteiger partial charge in [0.25, 0.3) is 0 Å². The summed E-state index contributed by atoms with van der Waals surface area (Å²) < 4.78 is 34.3. The van der Waals surface area contributed by atoms with Gasteiger partial charge in [0.2, 0.25) is 0 Å². The summed E-state index contributed by atoms with van der Waals surface area (Å²) >= 11 is 5.89. The van der Waals surface area contributed by atoms with E-state index in [1.54, 1.807) is 6.07 Å². The minimum atomic E-state index is -2.95. The topological polar surface area (TPSA) is 52.6 Å². The van der Waals surface area contributed by atoms with E-state index in [4.69, 9.17) is 21.1 Å². The van der Waals surface area contributed by atoms with E-state index in [2.05, 4.69) is 0 Å². The van der Waals surface area contributed by atoms with Gasteiger partial charge in [-0.2, -0.15) is 0 Å². The van der Waals surface area contributed by atoms with Gasteiger partial charge in [0, 0.05) is 11.6 Å². The maximum Gasteiger partial charge on any atom is 0.154 e. The van der Waals surface area contributed by atoms with Crippen molar-refractivity contribution in [1.82, 2.24) is 0 Å². The van der Waals surface area contributed by atoms with Crippen molar-refractivity contribution in [2.75, 3.05) is 18.1 Å². The van der Waals surface area contributed by atoms with E-state index < -0.39 is 9.84 Å². The molecule has 1 aromatic carbocycles. The number of alkyl halides is 1. The lowest BCUT2D eigenvalue weighted by molar-refractivity contribution is 0.225. The van der Waals surface area contributed by atoms with Crippen LogP contribution in [0, 0.1) is 0 Å². The van der Waals surface area contributed by atoms with Crippen LogP contribution in [0.3, 0.4) is 0 Å². The molecule has 0 N–H and O–H groups in total. The summed E-state index contributed by atoms with van der Waals surface area (Å²) in [6.45, 7) is 2.67. The summed E-state index contributed by atoms with van der Waals surface area (Å²) in [7, 11) is -2.95. The highest BCUT2D eigenvalue weighted by Crippen LogP contribution is 2.29. The number of rotatable bonds is 6. The first-order chi connectivity index (χ1) is 9.54. The molecular weight excluding hydrogens is 300 g/mol. The molecule has 0 aliphatic carbocycles. The molecule has 1 aliphatic heterocycles. The molecular formula is C14H19ClO4S. The summed E-state index contributed by atoms with van der Waals surface area (Å²) in [5.74, 6) is 1.93. The maximum absolute atomic E-state index is 11.5. The Morgan fingerprint density at radius 2 is 2.20 bits per heavy atom. The first-order valence-corrected chi connectivity index (χ1v) is 9.08. The van der Waals surface area contributed by atoms with Gasteiger partial charge in [-0.15, -0.1) is 11.6 Å². The fourth-order valence-corrected chi connectivity index (χ4v) is 3.91. The number of sulfone groups is 1. The second-order valence-electron chi connectivity index (χ2n) is 4.89. The Hall–Kier alpha value is -0.940.